The Morgan fingerprint density at radius 1 is 1.50 bits per heavy atom. The first-order valence-corrected chi connectivity index (χ1v) is 6.38. The van der Waals surface area contributed by atoms with Crippen molar-refractivity contribution in [3.8, 4) is 5.88 Å². The molecule has 0 saturated carbocycles. The van der Waals surface area contributed by atoms with E-state index in [9.17, 15) is 9.59 Å². The molecule has 0 aromatic carbocycles. The SMILES string of the molecule is C=CCC1CC(=O)C(C(=O)OC)c2ccc(OC)nc21. The Labute approximate surface area is 117 Å². The number of Topliss-reactive ketones (excluding diaryl/α,β-unsaturated/α-hetero) is 1. The lowest BCUT2D eigenvalue weighted by atomic mass is 9.77. The van der Waals surface area contributed by atoms with Crippen molar-refractivity contribution >= 4 is 11.8 Å². The Morgan fingerprint density at radius 3 is 2.85 bits per heavy atom. The van der Waals surface area contributed by atoms with Crippen LogP contribution in [0, 0.1) is 0 Å². The van der Waals surface area contributed by atoms with Crippen molar-refractivity contribution < 1.29 is 19.1 Å². The van der Waals surface area contributed by atoms with Crippen molar-refractivity contribution in [2.75, 3.05) is 14.2 Å². The number of ketones is 1. The minimum Gasteiger partial charge on any atom is -0.481 e. The number of allylic oxidation sites excluding steroid dienone is 1. The molecule has 1 heterocycles. The van der Waals surface area contributed by atoms with Crippen LogP contribution in [0.25, 0.3) is 0 Å². The van der Waals surface area contributed by atoms with Crippen LogP contribution in [0.4, 0.5) is 0 Å². The Balaban J connectivity index is 2.53. The lowest BCUT2D eigenvalue weighted by Crippen LogP contribution is -2.31. The molecule has 2 atom stereocenters. The summed E-state index contributed by atoms with van der Waals surface area (Å²) in [4.78, 5) is 28.4. The summed E-state index contributed by atoms with van der Waals surface area (Å²) in [5.74, 6) is -1.15. The van der Waals surface area contributed by atoms with Gasteiger partial charge in [-0.15, -0.1) is 6.58 Å². The number of rotatable bonds is 4. The molecule has 2 unspecified atom stereocenters. The molecule has 0 N–H and O–H groups in total. The number of hydrogen-bond acceptors (Lipinski definition) is 5. The summed E-state index contributed by atoms with van der Waals surface area (Å²) in [5.41, 5.74) is 1.33. The predicted molar refractivity (Wildman–Crippen MR) is 72.7 cm³/mol. The van der Waals surface area contributed by atoms with Gasteiger partial charge in [-0.3, -0.25) is 9.59 Å². The smallest absolute Gasteiger partial charge is 0.320 e. The molecule has 0 fully saturated rings. The normalized spacial score (nSPS) is 21.0. The zero-order valence-corrected chi connectivity index (χ0v) is 11.6. The van der Waals surface area contributed by atoms with Gasteiger partial charge in [0.1, 0.15) is 5.92 Å². The van der Waals surface area contributed by atoms with Crippen molar-refractivity contribution in [1.82, 2.24) is 4.98 Å². The molecule has 0 aliphatic heterocycles. The lowest BCUT2D eigenvalue weighted by molar-refractivity contribution is -0.146. The Kier molecular flexibility index (Phi) is 4.17. The highest BCUT2D eigenvalue weighted by Crippen LogP contribution is 2.39. The van der Waals surface area contributed by atoms with Gasteiger partial charge in [-0.25, -0.2) is 4.98 Å². The summed E-state index contributed by atoms with van der Waals surface area (Å²) >= 11 is 0. The zero-order valence-electron chi connectivity index (χ0n) is 11.6. The predicted octanol–water partition coefficient (Wildman–Crippen LogP) is 1.98. The van der Waals surface area contributed by atoms with Gasteiger partial charge in [0, 0.05) is 18.4 Å². The van der Waals surface area contributed by atoms with Crippen LogP contribution in [-0.4, -0.2) is 31.0 Å². The molecule has 0 spiro atoms. The molecule has 5 heteroatoms. The van der Waals surface area contributed by atoms with Gasteiger partial charge in [0.15, 0.2) is 5.78 Å². The fourth-order valence-electron chi connectivity index (χ4n) is 2.55. The topological polar surface area (TPSA) is 65.5 Å². The maximum absolute atomic E-state index is 12.2. The van der Waals surface area contributed by atoms with Gasteiger partial charge >= 0.3 is 5.97 Å². The third kappa shape index (κ3) is 2.43. The van der Waals surface area contributed by atoms with E-state index in [0.29, 0.717) is 17.9 Å². The molecule has 0 amide bonds. The number of fused-ring (bicyclic) bond motifs is 1. The maximum atomic E-state index is 12.2. The summed E-state index contributed by atoms with van der Waals surface area (Å²) in [7, 11) is 2.81. The lowest BCUT2D eigenvalue weighted by Gasteiger charge is -2.27. The fraction of sp³-hybridized carbons (Fsp3) is 0.400. The third-order valence-corrected chi connectivity index (χ3v) is 3.50. The van der Waals surface area contributed by atoms with Crippen LogP contribution in [0.5, 0.6) is 5.88 Å². The van der Waals surface area contributed by atoms with Crippen LogP contribution in [0.1, 0.15) is 35.9 Å². The second kappa shape index (κ2) is 5.86. The van der Waals surface area contributed by atoms with Crippen LogP contribution in [-0.2, 0) is 14.3 Å². The highest BCUT2D eigenvalue weighted by molar-refractivity contribution is 6.06. The minimum absolute atomic E-state index is 0.0639. The molecule has 20 heavy (non-hydrogen) atoms. The first-order chi connectivity index (χ1) is 9.62. The van der Waals surface area contributed by atoms with E-state index in [4.69, 9.17) is 9.47 Å². The van der Waals surface area contributed by atoms with Crippen LogP contribution >= 0.6 is 0 Å². The number of hydrogen-bond donors (Lipinski definition) is 0. The van der Waals surface area contributed by atoms with E-state index in [1.54, 1.807) is 18.2 Å². The fourth-order valence-corrected chi connectivity index (χ4v) is 2.55. The number of esters is 1. The van der Waals surface area contributed by atoms with Crippen LogP contribution in [0.15, 0.2) is 24.8 Å². The zero-order chi connectivity index (χ0) is 14.7. The van der Waals surface area contributed by atoms with Crippen LogP contribution in [0.3, 0.4) is 0 Å². The van der Waals surface area contributed by atoms with Gasteiger partial charge in [-0.1, -0.05) is 12.1 Å². The highest BCUT2D eigenvalue weighted by Gasteiger charge is 2.39. The van der Waals surface area contributed by atoms with Crippen LogP contribution < -0.4 is 4.74 Å². The summed E-state index contributed by atoms with van der Waals surface area (Å²) < 4.78 is 9.85. The Hall–Kier alpha value is -2.17. The number of ether oxygens (including phenoxy) is 2. The van der Waals surface area contributed by atoms with E-state index in [1.807, 2.05) is 0 Å². The molecule has 106 valence electrons. The quantitative estimate of drug-likeness (QED) is 0.477. The molecule has 0 bridgehead atoms. The van der Waals surface area contributed by atoms with Gasteiger partial charge in [-0.05, 0) is 12.0 Å². The monoisotopic (exact) mass is 275 g/mol. The van der Waals surface area contributed by atoms with Gasteiger partial charge in [-0.2, -0.15) is 0 Å². The highest BCUT2D eigenvalue weighted by atomic mass is 16.5. The number of aromatic nitrogens is 1. The number of pyridine rings is 1. The molecule has 1 aromatic rings. The molecule has 5 nitrogen and oxygen atoms in total. The Bertz CT molecular complexity index is 553. The van der Waals surface area contributed by atoms with Gasteiger partial charge in [0.2, 0.25) is 5.88 Å². The van der Waals surface area contributed by atoms with Crippen molar-refractivity contribution in [3.05, 3.63) is 36.0 Å². The largest absolute Gasteiger partial charge is 0.481 e. The first-order valence-electron chi connectivity index (χ1n) is 6.38. The molecule has 0 saturated heterocycles. The van der Waals surface area contributed by atoms with Crippen molar-refractivity contribution in [3.63, 3.8) is 0 Å². The minimum atomic E-state index is -0.880. The summed E-state index contributed by atoms with van der Waals surface area (Å²) in [6, 6.07) is 3.37. The van der Waals surface area contributed by atoms with E-state index >= 15 is 0 Å². The molecule has 1 aliphatic rings. The van der Waals surface area contributed by atoms with E-state index in [-0.39, 0.29) is 18.1 Å². The van der Waals surface area contributed by atoms with Gasteiger partial charge < -0.3 is 9.47 Å². The van der Waals surface area contributed by atoms with Crippen LogP contribution in [0.2, 0.25) is 0 Å². The van der Waals surface area contributed by atoms with Crippen molar-refractivity contribution in [2.45, 2.75) is 24.7 Å². The van der Waals surface area contributed by atoms with Crippen molar-refractivity contribution in [2.24, 2.45) is 0 Å². The second-order valence-corrected chi connectivity index (χ2v) is 4.68. The van der Waals surface area contributed by atoms with Crippen molar-refractivity contribution in [1.29, 1.82) is 0 Å². The molecule has 1 aliphatic carbocycles. The van der Waals surface area contributed by atoms with E-state index < -0.39 is 11.9 Å². The second-order valence-electron chi connectivity index (χ2n) is 4.68. The molecular weight excluding hydrogens is 258 g/mol. The Morgan fingerprint density at radius 2 is 2.25 bits per heavy atom. The molecular formula is C15H17NO4. The summed E-state index contributed by atoms with van der Waals surface area (Å²) in [5, 5.41) is 0. The van der Waals surface area contributed by atoms with E-state index in [2.05, 4.69) is 11.6 Å². The van der Waals surface area contributed by atoms with Gasteiger partial charge in [0.05, 0.1) is 19.9 Å². The maximum Gasteiger partial charge on any atom is 0.320 e. The number of carbonyl (C=O) groups is 2. The van der Waals surface area contributed by atoms with E-state index in [0.717, 1.165) is 5.69 Å². The van der Waals surface area contributed by atoms with E-state index in [1.165, 1.54) is 14.2 Å². The standard InChI is InChI=1S/C15H17NO4/c1-4-5-9-8-11(17)13(15(18)20-3)10-6-7-12(19-2)16-14(9)10/h4,6-7,9,13H,1,5,8H2,2-3H3. The summed E-state index contributed by atoms with van der Waals surface area (Å²) in [6.45, 7) is 3.70. The molecule has 1 aromatic heterocycles. The number of methoxy groups -OCH3 is 2. The average molecular weight is 275 g/mol. The average Bonchev–Trinajstić information content (AvgIpc) is 2.46. The first kappa shape index (κ1) is 14.2. The van der Waals surface area contributed by atoms with Gasteiger partial charge in [0.25, 0.3) is 0 Å². The molecule has 2 rings (SSSR count). The summed E-state index contributed by atoms with van der Waals surface area (Å²) in [6.07, 6.45) is 2.65. The third-order valence-electron chi connectivity index (χ3n) is 3.50. The number of nitrogens with zero attached hydrogens (tertiary/aromatic N) is 1. The number of carbonyl (C=O) groups excluding carboxylic acids is 2. The molecule has 0 radical (unpaired) electrons.